The molecule has 2 heteroatoms. The van der Waals surface area contributed by atoms with Crippen LogP contribution in [-0.4, -0.2) is 20.7 Å². The second-order valence-corrected chi connectivity index (χ2v) is 5.62. The fourth-order valence-electron chi connectivity index (χ4n) is 3.23. The number of hydrogen-bond acceptors (Lipinski definition) is 2. The molecule has 0 bridgehead atoms. The molecule has 3 atom stereocenters. The van der Waals surface area contributed by atoms with Crippen LogP contribution < -0.4 is 10.1 Å². The van der Waals surface area contributed by atoms with Crippen molar-refractivity contribution >= 4 is 0 Å². The van der Waals surface area contributed by atoms with Gasteiger partial charge in [-0.3, -0.25) is 0 Å². The van der Waals surface area contributed by atoms with Gasteiger partial charge in [-0.2, -0.15) is 0 Å². The zero-order valence-electron chi connectivity index (χ0n) is 11.8. The van der Waals surface area contributed by atoms with Crippen molar-refractivity contribution in [2.24, 2.45) is 11.8 Å². The molecule has 3 unspecified atom stereocenters. The van der Waals surface area contributed by atoms with Gasteiger partial charge in [0.25, 0.3) is 0 Å². The van der Waals surface area contributed by atoms with Crippen LogP contribution in [0.2, 0.25) is 0 Å². The lowest BCUT2D eigenvalue weighted by atomic mass is 9.71. The number of ether oxygens (including phenoxy) is 1. The second kappa shape index (κ2) is 6.24. The Hall–Kier alpha value is -1.02. The fourth-order valence-corrected chi connectivity index (χ4v) is 3.23. The molecule has 0 saturated heterocycles. The summed E-state index contributed by atoms with van der Waals surface area (Å²) in [6, 6.07) is 8.62. The zero-order valence-corrected chi connectivity index (χ0v) is 11.8. The summed E-state index contributed by atoms with van der Waals surface area (Å²) in [4.78, 5) is 0. The van der Waals surface area contributed by atoms with Crippen molar-refractivity contribution in [3.8, 4) is 5.75 Å². The molecular weight excluding hydrogens is 222 g/mol. The average Bonchev–Trinajstić information content (AvgIpc) is 2.41. The summed E-state index contributed by atoms with van der Waals surface area (Å²) in [6.07, 6.45) is 4.01. The summed E-state index contributed by atoms with van der Waals surface area (Å²) in [5.74, 6) is 3.26. The molecule has 1 aromatic rings. The van der Waals surface area contributed by atoms with Crippen LogP contribution in [0.5, 0.6) is 5.75 Å². The van der Waals surface area contributed by atoms with E-state index in [2.05, 4.69) is 37.5 Å². The lowest BCUT2D eigenvalue weighted by Crippen LogP contribution is -2.29. The van der Waals surface area contributed by atoms with Gasteiger partial charge in [-0.05, 0) is 61.9 Å². The first-order valence-electron chi connectivity index (χ1n) is 7.03. The number of benzene rings is 1. The first kappa shape index (κ1) is 13.4. The van der Waals surface area contributed by atoms with E-state index in [4.69, 9.17) is 4.74 Å². The summed E-state index contributed by atoms with van der Waals surface area (Å²) >= 11 is 0. The Morgan fingerprint density at radius 3 is 2.89 bits per heavy atom. The number of methoxy groups -OCH3 is 1. The highest BCUT2D eigenvalue weighted by Crippen LogP contribution is 2.40. The summed E-state index contributed by atoms with van der Waals surface area (Å²) < 4.78 is 5.35. The van der Waals surface area contributed by atoms with Gasteiger partial charge in [0.05, 0.1) is 7.11 Å². The number of nitrogens with one attached hydrogen (secondary N) is 1. The fraction of sp³-hybridized carbons (Fsp3) is 0.625. The predicted octanol–water partition coefficient (Wildman–Crippen LogP) is 3.43. The Morgan fingerprint density at radius 2 is 2.17 bits per heavy atom. The molecule has 0 aliphatic heterocycles. The standard InChI is InChI=1S/C16H25NO/c1-12-7-8-14(11-17-2)16(9-12)13-5-4-6-15(10-13)18-3/h4-6,10,12,14,16-17H,7-9,11H2,1-3H3. The first-order valence-corrected chi connectivity index (χ1v) is 7.03. The van der Waals surface area contributed by atoms with Crippen LogP contribution >= 0.6 is 0 Å². The smallest absolute Gasteiger partial charge is 0.119 e. The van der Waals surface area contributed by atoms with E-state index in [1.165, 1.54) is 24.8 Å². The zero-order chi connectivity index (χ0) is 13.0. The van der Waals surface area contributed by atoms with Gasteiger partial charge in [-0.1, -0.05) is 25.5 Å². The molecule has 0 radical (unpaired) electrons. The molecule has 0 amide bonds. The molecule has 1 aliphatic rings. The van der Waals surface area contributed by atoms with E-state index in [1.807, 2.05) is 6.07 Å². The van der Waals surface area contributed by atoms with Gasteiger partial charge in [-0.15, -0.1) is 0 Å². The molecule has 2 rings (SSSR count). The highest BCUT2D eigenvalue weighted by atomic mass is 16.5. The van der Waals surface area contributed by atoms with Crippen LogP contribution in [0.15, 0.2) is 24.3 Å². The van der Waals surface area contributed by atoms with E-state index in [9.17, 15) is 0 Å². The molecule has 1 aliphatic carbocycles. The monoisotopic (exact) mass is 247 g/mol. The van der Waals surface area contributed by atoms with Crippen LogP contribution in [0, 0.1) is 11.8 Å². The average molecular weight is 247 g/mol. The van der Waals surface area contributed by atoms with Gasteiger partial charge in [0.15, 0.2) is 0 Å². The van der Waals surface area contributed by atoms with Crippen molar-refractivity contribution in [2.45, 2.75) is 32.1 Å². The van der Waals surface area contributed by atoms with Gasteiger partial charge >= 0.3 is 0 Å². The van der Waals surface area contributed by atoms with Crippen LogP contribution in [0.3, 0.4) is 0 Å². The van der Waals surface area contributed by atoms with E-state index >= 15 is 0 Å². The third kappa shape index (κ3) is 3.05. The maximum Gasteiger partial charge on any atom is 0.119 e. The summed E-state index contributed by atoms with van der Waals surface area (Å²) in [5.41, 5.74) is 1.45. The van der Waals surface area contributed by atoms with E-state index in [0.717, 1.165) is 24.1 Å². The molecule has 1 saturated carbocycles. The van der Waals surface area contributed by atoms with Gasteiger partial charge in [-0.25, -0.2) is 0 Å². The summed E-state index contributed by atoms with van der Waals surface area (Å²) in [6.45, 7) is 3.50. The maximum atomic E-state index is 5.35. The highest BCUT2D eigenvalue weighted by molar-refractivity contribution is 5.31. The van der Waals surface area contributed by atoms with Crippen LogP contribution in [-0.2, 0) is 0 Å². The van der Waals surface area contributed by atoms with Gasteiger partial charge in [0.1, 0.15) is 5.75 Å². The third-order valence-corrected chi connectivity index (χ3v) is 4.24. The van der Waals surface area contributed by atoms with E-state index in [1.54, 1.807) is 7.11 Å². The van der Waals surface area contributed by atoms with E-state index in [0.29, 0.717) is 5.92 Å². The normalized spacial score (nSPS) is 28.1. The van der Waals surface area contributed by atoms with Crippen molar-refractivity contribution in [3.05, 3.63) is 29.8 Å². The molecule has 1 aromatic carbocycles. The number of rotatable bonds is 4. The maximum absolute atomic E-state index is 5.35. The Kier molecular flexibility index (Phi) is 4.65. The second-order valence-electron chi connectivity index (χ2n) is 5.62. The molecule has 18 heavy (non-hydrogen) atoms. The Labute approximate surface area is 111 Å². The Morgan fingerprint density at radius 1 is 1.33 bits per heavy atom. The lowest BCUT2D eigenvalue weighted by molar-refractivity contribution is 0.244. The molecule has 0 heterocycles. The van der Waals surface area contributed by atoms with E-state index < -0.39 is 0 Å². The Balaban J connectivity index is 2.20. The SMILES string of the molecule is CNCC1CCC(C)CC1c1cccc(OC)c1. The topological polar surface area (TPSA) is 21.3 Å². The molecule has 1 N–H and O–H groups in total. The molecule has 1 fully saturated rings. The van der Waals surface area contributed by atoms with Gasteiger partial charge in [0, 0.05) is 0 Å². The van der Waals surface area contributed by atoms with Crippen LogP contribution in [0.4, 0.5) is 0 Å². The van der Waals surface area contributed by atoms with E-state index in [-0.39, 0.29) is 0 Å². The lowest BCUT2D eigenvalue weighted by Gasteiger charge is -2.35. The quantitative estimate of drug-likeness (QED) is 0.880. The van der Waals surface area contributed by atoms with Crippen molar-refractivity contribution in [2.75, 3.05) is 20.7 Å². The molecule has 2 nitrogen and oxygen atoms in total. The third-order valence-electron chi connectivity index (χ3n) is 4.24. The minimum atomic E-state index is 0.677. The van der Waals surface area contributed by atoms with Crippen LogP contribution in [0.1, 0.15) is 37.7 Å². The van der Waals surface area contributed by atoms with Gasteiger partial charge in [0.2, 0.25) is 0 Å². The molecule has 0 spiro atoms. The van der Waals surface area contributed by atoms with Crippen LogP contribution in [0.25, 0.3) is 0 Å². The minimum Gasteiger partial charge on any atom is -0.497 e. The predicted molar refractivity (Wildman–Crippen MR) is 76.2 cm³/mol. The van der Waals surface area contributed by atoms with Crippen molar-refractivity contribution < 1.29 is 4.74 Å². The molecular formula is C16H25NO. The summed E-state index contributed by atoms with van der Waals surface area (Å²) in [7, 11) is 3.80. The Bertz CT molecular complexity index is 377. The van der Waals surface area contributed by atoms with Crippen molar-refractivity contribution in [3.63, 3.8) is 0 Å². The summed E-state index contributed by atoms with van der Waals surface area (Å²) in [5, 5.41) is 3.35. The largest absolute Gasteiger partial charge is 0.497 e. The number of hydrogen-bond donors (Lipinski definition) is 1. The molecule has 0 aromatic heterocycles. The van der Waals surface area contributed by atoms with Crippen molar-refractivity contribution in [1.82, 2.24) is 5.32 Å². The van der Waals surface area contributed by atoms with Gasteiger partial charge < -0.3 is 10.1 Å². The minimum absolute atomic E-state index is 0.677. The first-order chi connectivity index (χ1) is 8.74. The van der Waals surface area contributed by atoms with Crippen molar-refractivity contribution in [1.29, 1.82) is 0 Å². The molecule has 100 valence electrons. The highest BCUT2D eigenvalue weighted by Gasteiger charge is 2.29.